The lowest BCUT2D eigenvalue weighted by atomic mass is 9.55. The largest absolute Gasteiger partial charge is 0.439 e. The maximum atomic E-state index is 14.6. The van der Waals surface area contributed by atoms with Gasteiger partial charge in [0.2, 0.25) is 10.3 Å². The van der Waals surface area contributed by atoms with Gasteiger partial charge >= 0.3 is 26.5 Å². The summed E-state index contributed by atoms with van der Waals surface area (Å²) in [4.78, 5) is 0. The summed E-state index contributed by atoms with van der Waals surface area (Å²) in [6, 6.07) is 0. The lowest BCUT2D eigenvalue weighted by Gasteiger charge is -2.53. The van der Waals surface area contributed by atoms with Crippen LogP contribution in [0, 0.1) is 23.7 Å². The molecule has 0 aromatic heterocycles. The van der Waals surface area contributed by atoms with Crippen LogP contribution in [-0.4, -0.2) is 53.9 Å². The fourth-order valence-corrected chi connectivity index (χ4v) is 9.94. The van der Waals surface area contributed by atoms with E-state index in [1.54, 1.807) is 4.13 Å². The summed E-state index contributed by atoms with van der Waals surface area (Å²) in [6.45, 7) is 0. The number of hydrogen-bond acceptors (Lipinski definition) is 8. The molecule has 0 N–H and O–H groups in total. The SMILES string of the molecule is O=S(=O)([N-]S(=O)(=O)C(F)(F)C(F)(F)C(F)(F)S(=O)(=O)OC1C2CC3CC(C2)CC1C3)OC1CCCCC1. The number of halogens is 6. The highest BCUT2D eigenvalue weighted by Crippen LogP contribution is 2.57. The zero-order valence-electron chi connectivity index (χ0n) is 19.2. The highest BCUT2D eigenvalue weighted by molar-refractivity contribution is 8.10. The molecule has 5 saturated carbocycles. The number of alkyl halides is 6. The normalized spacial score (nSPS) is 32.1. The van der Waals surface area contributed by atoms with Crippen LogP contribution < -0.4 is 0 Å². The number of rotatable bonds is 10. The van der Waals surface area contributed by atoms with Crippen molar-refractivity contribution in [3.05, 3.63) is 4.13 Å². The van der Waals surface area contributed by atoms with Crippen molar-refractivity contribution >= 4 is 30.4 Å². The van der Waals surface area contributed by atoms with Crippen molar-refractivity contribution in [2.45, 2.75) is 92.8 Å². The van der Waals surface area contributed by atoms with Gasteiger partial charge in [0.1, 0.15) is 0 Å². The van der Waals surface area contributed by atoms with E-state index in [4.69, 9.17) is 0 Å². The van der Waals surface area contributed by atoms with Gasteiger partial charge in [-0.2, -0.15) is 34.8 Å². The monoisotopic (exact) mass is 606 g/mol. The third-order valence-electron chi connectivity index (χ3n) is 7.75. The highest BCUT2D eigenvalue weighted by Gasteiger charge is 2.81. The minimum absolute atomic E-state index is 0.0691. The van der Waals surface area contributed by atoms with Gasteiger partial charge in [0, 0.05) is 0 Å². The Labute approximate surface area is 211 Å². The van der Waals surface area contributed by atoms with Gasteiger partial charge in [-0.05, 0) is 68.6 Å². The number of sulfonamides is 1. The smallest absolute Gasteiger partial charge is 0.406 e. The predicted molar refractivity (Wildman–Crippen MR) is 115 cm³/mol. The van der Waals surface area contributed by atoms with Crippen LogP contribution in [0.3, 0.4) is 0 Å². The molecule has 5 aliphatic rings. The quantitative estimate of drug-likeness (QED) is 0.266. The van der Waals surface area contributed by atoms with Crippen molar-refractivity contribution in [1.82, 2.24) is 0 Å². The van der Waals surface area contributed by atoms with Gasteiger partial charge in [-0.25, -0.2) is 16.8 Å². The molecular formula is C19H26F6NO8S3-. The average molecular weight is 607 g/mol. The van der Waals surface area contributed by atoms with Crippen LogP contribution in [0.4, 0.5) is 26.3 Å². The van der Waals surface area contributed by atoms with E-state index in [0.29, 0.717) is 44.9 Å². The Balaban J connectivity index is 1.54. The molecule has 18 heteroatoms. The zero-order valence-corrected chi connectivity index (χ0v) is 21.7. The Morgan fingerprint density at radius 2 is 1.14 bits per heavy atom. The van der Waals surface area contributed by atoms with Crippen molar-refractivity contribution in [3.63, 3.8) is 0 Å². The van der Waals surface area contributed by atoms with Crippen LogP contribution in [0.5, 0.6) is 0 Å². The van der Waals surface area contributed by atoms with Crippen LogP contribution >= 0.6 is 0 Å². The number of nitrogens with zero attached hydrogens (tertiary/aromatic N) is 1. The minimum Gasteiger partial charge on any atom is -0.406 e. The molecule has 0 unspecified atom stereocenters. The van der Waals surface area contributed by atoms with E-state index in [9.17, 15) is 51.6 Å². The van der Waals surface area contributed by atoms with Gasteiger partial charge < -0.3 is 4.13 Å². The Hall–Kier alpha value is -0.690. The van der Waals surface area contributed by atoms with Crippen molar-refractivity contribution < 1.29 is 60.0 Å². The van der Waals surface area contributed by atoms with Crippen LogP contribution in [0.25, 0.3) is 4.13 Å². The molecule has 0 radical (unpaired) electrons. The maximum Gasteiger partial charge on any atom is 0.439 e. The van der Waals surface area contributed by atoms with E-state index >= 15 is 0 Å². The summed E-state index contributed by atoms with van der Waals surface area (Å²) >= 11 is 0. The molecule has 0 spiro atoms. The summed E-state index contributed by atoms with van der Waals surface area (Å²) in [5.41, 5.74) is 0. The third-order valence-corrected chi connectivity index (χ3v) is 12.0. The van der Waals surface area contributed by atoms with Gasteiger partial charge in [-0.1, -0.05) is 19.3 Å². The fraction of sp³-hybridized carbons (Fsp3) is 1.00. The Bertz CT molecular complexity index is 1170. The molecule has 9 nitrogen and oxygen atoms in total. The van der Waals surface area contributed by atoms with E-state index in [2.05, 4.69) is 8.37 Å². The third kappa shape index (κ3) is 5.14. The van der Waals surface area contributed by atoms with Crippen molar-refractivity contribution in [3.8, 4) is 0 Å². The van der Waals surface area contributed by atoms with Crippen molar-refractivity contribution in [1.29, 1.82) is 0 Å². The topological polar surface area (TPSA) is 135 Å². The van der Waals surface area contributed by atoms with E-state index in [1.807, 2.05) is 0 Å². The molecule has 0 atom stereocenters. The molecule has 37 heavy (non-hydrogen) atoms. The molecule has 0 aliphatic heterocycles. The lowest BCUT2D eigenvalue weighted by molar-refractivity contribution is -0.247. The Morgan fingerprint density at radius 3 is 1.62 bits per heavy atom. The predicted octanol–water partition coefficient (Wildman–Crippen LogP) is 4.28. The molecule has 0 aromatic rings. The molecule has 5 rings (SSSR count). The second-order valence-corrected chi connectivity index (χ2v) is 15.1. The molecule has 0 amide bonds. The van der Waals surface area contributed by atoms with E-state index < -0.39 is 70.9 Å². The minimum atomic E-state index is -7.29. The molecule has 4 bridgehead atoms. The first-order valence-corrected chi connectivity index (χ1v) is 16.0. The first kappa shape index (κ1) is 29.3. The molecule has 0 heterocycles. The van der Waals surface area contributed by atoms with E-state index in [-0.39, 0.29) is 24.7 Å². The van der Waals surface area contributed by atoms with Crippen LogP contribution in [0.15, 0.2) is 0 Å². The summed E-state index contributed by atoms with van der Waals surface area (Å²) in [6.07, 6.45) is 1.53. The average Bonchev–Trinajstić information content (AvgIpc) is 2.74. The lowest BCUT2D eigenvalue weighted by Crippen LogP contribution is -2.62. The van der Waals surface area contributed by atoms with Crippen LogP contribution in [-0.2, 0) is 38.8 Å². The van der Waals surface area contributed by atoms with Gasteiger partial charge in [0.05, 0.1) is 12.2 Å². The van der Waals surface area contributed by atoms with Crippen LogP contribution in [0.2, 0.25) is 0 Å². The molecular weight excluding hydrogens is 580 g/mol. The van der Waals surface area contributed by atoms with E-state index in [1.165, 1.54) is 0 Å². The van der Waals surface area contributed by atoms with Crippen LogP contribution in [0.1, 0.15) is 64.2 Å². The van der Waals surface area contributed by atoms with Gasteiger partial charge in [0.25, 0.3) is 0 Å². The standard InChI is InChI=1S/C19H26F6NO8S3/c20-17(21,18(22,23)35(27,28)26-37(31,32)33-15-4-2-1-3-5-15)19(24,25)36(29,30)34-16-13-7-11-6-12(9-13)10-14(16)8-11/h11-16H,1-10H2/q-1. The zero-order chi connectivity index (χ0) is 27.7. The van der Waals surface area contributed by atoms with Gasteiger partial charge in [0.15, 0.2) is 10.0 Å². The molecule has 5 fully saturated rings. The summed E-state index contributed by atoms with van der Waals surface area (Å²) in [5.74, 6) is -7.89. The summed E-state index contributed by atoms with van der Waals surface area (Å²) in [7, 11) is -19.9. The molecule has 5 aliphatic carbocycles. The van der Waals surface area contributed by atoms with E-state index in [0.717, 1.165) is 6.42 Å². The van der Waals surface area contributed by atoms with Gasteiger partial charge in [-0.3, -0.25) is 8.37 Å². The Kier molecular flexibility index (Phi) is 7.49. The summed E-state index contributed by atoms with van der Waals surface area (Å²) in [5, 5.41) is -13.7. The molecule has 0 saturated heterocycles. The second kappa shape index (κ2) is 9.45. The summed E-state index contributed by atoms with van der Waals surface area (Å²) < 4.78 is 169. The fourth-order valence-electron chi connectivity index (χ4n) is 6.25. The highest BCUT2D eigenvalue weighted by atomic mass is 32.3. The Morgan fingerprint density at radius 1 is 0.649 bits per heavy atom. The van der Waals surface area contributed by atoms with Gasteiger partial charge in [-0.15, -0.1) is 0 Å². The first-order chi connectivity index (χ1) is 16.8. The van der Waals surface area contributed by atoms with Crippen molar-refractivity contribution in [2.24, 2.45) is 23.7 Å². The maximum absolute atomic E-state index is 14.6. The first-order valence-electron chi connectivity index (χ1n) is 11.8. The number of hydrogen-bond donors (Lipinski definition) is 0. The molecule has 0 aromatic carbocycles. The van der Waals surface area contributed by atoms with Crippen molar-refractivity contribution in [2.75, 3.05) is 0 Å². The molecule has 216 valence electrons. The second-order valence-electron chi connectivity index (χ2n) is 10.4.